The zero-order valence-corrected chi connectivity index (χ0v) is 17.7. The lowest BCUT2D eigenvalue weighted by atomic mass is 9.55. The lowest BCUT2D eigenvalue weighted by Crippen LogP contribution is -2.99. The molecule has 2 bridgehead atoms. The van der Waals surface area contributed by atoms with Gasteiger partial charge in [0.05, 0.1) is 16.2 Å². The van der Waals surface area contributed by atoms with Gasteiger partial charge in [0.1, 0.15) is 5.69 Å². The van der Waals surface area contributed by atoms with Crippen LogP contribution in [-0.2, 0) is 13.9 Å². The Bertz CT molecular complexity index is 1230. The molecule has 3 aromatic rings. The lowest BCUT2D eigenvalue weighted by molar-refractivity contribution is -0.990. The summed E-state index contributed by atoms with van der Waals surface area (Å²) in [5, 5.41) is 20.3. The van der Waals surface area contributed by atoms with Gasteiger partial charge in [-0.05, 0) is 28.3 Å². The molecule has 7 rings (SSSR count). The quantitative estimate of drug-likeness (QED) is 0.338. The van der Waals surface area contributed by atoms with Crippen molar-refractivity contribution >= 4 is 39.1 Å². The van der Waals surface area contributed by atoms with Crippen LogP contribution in [0.1, 0.15) is 28.2 Å². The van der Waals surface area contributed by atoms with Gasteiger partial charge in [0.2, 0.25) is 11.8 Å². The molecule has 0 spiro atoms. The molecule has 0 radical (unpaired) electrons. The van der Waals surface area contributed by atoms with Crippen molar-refractivity contribution in [2.24, 2.45) is 11.8 Å². The van der Waals surface area contributed by atoms with Gasteiger partial charge in [0.25, 0.3) is 0 Å². The van der Waals surface area contributed by atoms with Gasteiger partial charge in [-0.15, -0.1) is 0 Å². The molecule has 2 N–H and O–H groups in total. The molecule has 31 heavy (non-hydrogen) atoms. The molecule has 0 aromatic heterocycles. The molecular weight excluding hydrogens is 460 g/mol. The van der Waals surface area contributed by atoms with Crippen LogP contribution < -0.4 is 10.1 Å². The van der Waals surface area contributed by atoms with E-state index in [0.717, 1.165) is 27.2 Å². The first-order chi connectivity index (χ1) is 15.0. The Labute approximate surface area is 186 Å². The summed E-state index contributed by atoms with van der Waals surface area (Å²) in [5.41, 5.74) is 4.13. The van der Waals surface area contributed by atoms with E-state index in [2.05, 4.69) is 15.9 Å². The van der Waals surface area contributed by atoms with Crippen LogP contribution >= 0.6 is 15.9 Å². The van der Waals surface area contributed by atoms with Crippen LogP contribution in [0.25, 0.3) is 0 Å². The van der Waals surface area contributed by atoms with E-state index in [0.29, 0.717) is 0 Å². The maximum Gasteiger partial charge on any atom is 0.240 e. The minimum atomic E-state index is -1.17. The maximum atomic E-state index is 13.8. The number of rotatable bonds is 2. The van der Waals surface area contributed by atoms with Crippen molar-refractivity contribution in [3.8, 4) is 0 Å². The van der Waals surface area contributed by atoms with Crippen molar-refractivity contribution in [2.45, 2.75) is 10.2 Å². The minimum absolute atomic E-state index is 0.0613. The monoisotopic (exact) mass is 476 g/mol. The zero-order chi connectivity index (χ0) is 21.5. The number of carbonyl (C=O) groups is 2. The van der Waals surface area contributed by atoms with Gasteiger partial charge in [-0.3, -0.25) is 9.59 Å². The predicted molar refractivity (Wildman–Crippen MR) is 116 cm³/mol. The number of nitrogens with one attached hydrogen (secondary N) is 1. The predicted octanol–water partition coefficient (Wildman–Crippen LogP) is 2.99. The van der Waals surface area contributed by atoms with E-state index in [-0.39, 0.29) is 29.1 Å². The summed E-state index contributed by atoms with van der Waals surface area (Å²) in [7, 11) is 0. The van der Waals surface area contributed by atoms with Gasteiger partial charge in [-0.2, -0.15) is 5.23 Å². The fraction of sp³-hybridized carbons (Fsp3) is 0.167. The van der Waals surface area contributed by atoms with Crippen molar-refractivity contribution < 1.29 is 20.0 Å². The van der Waals surface area contributed by atoms with Crippen LogP contribution in [0.3, 0.4) is 0 Å². The second-order valence-electron chi connectivity index (χ2n) is 8.20. The molecule has 1 aliphatic heterocycles. The molecule has 3 aliphatic carbocycles. The number of imide groups is 1. The summed E-state index contributed by atoms with van der Waals surface area (Å²) in [6, 6.07) is 22.0. The highest BCUT2D eigenvalue weighted by Crippen LogP contribution is 2.66. The molecule has 2 amide bonds. The second kappa shape index (κ2) is 6.34. The van der Waals surface area contributed by atoms with Gasteiger partial charge < -0.3 is 5.21 Å². The number of amides is 2. The fourth-order valence-electron chi connectivity index (χ4n) is 5.77. The van der Waals surface area contributed by atoms with E-state index >= 15 is 0 Å². The fourth-order valence-corrected chi connectivity index (χ4v) is 6.97. The van der Waals surface area contributed by atoms with E-state index < -0.39 is 21.4 Å². The Kier molecular flexibility index (Phi) is 3.86. The summed E-state index contributed by atoms with van der Waals surface area (Å²) in [6.45, 7) is 0. The second-order valence-corrected chi connectivity index (χ2v) is 9.45. The summed E-state index contributed by atoms with van der Waals surface area (Å²) in [6.07, 6.45) is 0. The van der Waals surface area contributed by atoms with E-state index in [1.54, 1.807) is 12.1 Å². The molecule has 7 heteroatoms. The number of alkyl halides is 1. The number of hydrogen-bond donors (Lipinski definition) is 2. The van der Waals surface area contributed by atoms with Crippen LogP contribution in [-0.4, -0.2) is 17.0 Å². The Balaban J connectivity index is 1.61. The number of quaternary nitrogens is 1. The number of carbonyl (C=O) groups excluding carboxylic acids is 2. The highest BCUT2D eigenvalue weighted by atomic mass is 79.9. The van der Waals surface area contributed by atoms with Crippen LogP contribution in [0.2, 0.25) is 0 Å². The van der Waals surface area contributed by atoms with Crippen LogP contribution in [0.15, 0.2) is 72.8 Å². The first kappa shape index (κ1) is 18.9. The topological polar surface area (TPSA) is 85.1 Å². The SMILES string of the molecule is O=C1[C@H]2C3c4ccccc4C(Br)(c4ccccc43)[C@H]2C(=O)N1c1ccccc1[NH+]([O-])O. The average molecular weight is 477 g/mol. The minimum Gasteiger partial charge on any atom is -0.595 e. The van der Waals surface area contributed by atoms with Crippen LogP contribution in [0.4, 0.5) is 11.4 Å². The Morgan fingerprint density at radius 3 is 2.03 bits per heavy atom. The third kappa shape index (κ3) is 2.21. The number of benzene rings is 3. The number of nitrogens with zero attached hydrogens (tertiary/aromatic N) is 1. The highest BCUT2D eigenvalue weighted by molar-refractivity contribution is 9.09. The van der Waals surface area contributed by atoms with Crippen molar-refractivity contribution in [2.75, 3.05) is 4.90 Å². The molecular formula is C24H17BrN2O4. The number of para-hydroxylation sites is 2. The Morgan fingerprint density at radius 2 is 1.42 bits per heavy atom. The van der Waals surface area contributed by atoms with Gasteiger partial charge in [0.15, 0.2) is 5.69 Å². The first-order valence-corrected chi connectivity index (χ1v) is 10.8. The van der Waals surface area contributed by atoms with E-state index in [1.807, 2.05) is 48.5 Å². The molecule has 1 fully saturated rings. The summed E-state index contributed by atoms with van der Waals surface area (Å²) in [4.78, 5) is 28.7. The van der Waals surface area contributed by atoms with Crippen molar-refractivity contribution in [3.05, 3.63) is 100 Å². The maximum absolute atomic E-state index is 13.8. The summed E-state index contributed by atoms with van der Waals surface area (Å²) in [5.74, 6) is -2.22. The van der Waals surface area contributed by atoms with Gasteiger partial charge in [-0.1, -0.05) is 76.6 Å². The Hall–Kier alpha value is -2.84. The van der Waals surface area contributed by atoms with E-state index in [4.69, 9.17) is 0 Å². The van der Waals surface area contributed by atoms with Gasteiger partial charge >= 0.3 is 0 Å². The van der Waals surface area contributed by atoms with Crippen molar-refractivity contribution in [1.29, 1.82) is 0 Å². The normalized spacial score (nSPS) is 28.9. The number of hydrogen-bond acceptors (Lipinski definition) is 4. The summed E-state index contributed by atoms with van der Waals surface area (Å²) < 4.78 is -0.848. The largest absolute Gasteiger partial charge is 0.595 e. The molecule has 1 saturated heterocycles. The molecule has 1 heterocycles. The van der Waals surface area contributed by atoms with Crippen molar-refractivity contribution in [1.82, 2.24) is 0 Å². The van der Waals surface area contributed by atoms with Gasteiger partial charge in [0, 0.05) is 12.0 Å². The Morgan fingerprint density at radius 1 is 0.871 bits per heavy atom. The molecule has 6 nitrogen and oxygen atoms in total. The van der Waals surface area contributed by atoms with Gasteiger partial charge in [-0.25, -0.2) is 10.1 Å². The first-order valence-electron chi connectivity index (χ1n) is 10.0. The molecule has 3 atom stereocenters. The molecule has 3 aromatic carbocycles. The third-order valence-corrected chi connectivity index (χ3v) is 8.24. The van der Waals surface area contributed by atoms with Crippen LogP contribution in [0.5, 0.6) is 0 Å². The van der Waals surface area contributed by atoms with E-state index in [9.17, 15) is 20.0 Å². The average Bonchev–Trinajstić information content (AvgIpc) is 3.05. The smallest absolute Gasteiger partial charge is 0.240 e. The van der Waals surface area contributed by atoms with E-state index in [1.165, 1.54) is 12.1 Å². The van der Waals surface area contributed by atoms with Crippen molar-refractivity contribution in [3.63, 3.8) is 0 Å². The summed E-state index contributed by atoms with van der Waals surface area (Å²) >= 11 is 3.94. The highest BCUT2D eigenvalue weighted by Gasteiger charge is 2.67. The standard InChI is InChI=1S/C24H17BrN2O4/c25-24-15-9-3-1-7-13(15)19(14-8-2-4-10-16(14)24)20-21(24)23(29)26(22(20)28)17-11-5-6-12-18(17)27(30)31/h1-12,19-21,27,30H/t19?,20-,21+,24?/m0/s1. The number of anilines is 1. The third-order valence-electron chi connectivity index (χ3n) is 6.89. The number of halogens is 1. The molecule has 0 saturated carbocycles. The molecule has 154 valence electrons. The molecule has 4 aliphatic rings. The lowest BCUT2D eigenvalue weighted by Gasteiger charge is -2.51. The van der Waals surface area contributed by atoms with Crippen LogP contribution in [0, 0.1) is 17.0 Å². The molecule has 1 unspecified atom stereocenters. The zero-order valence-electron chi connectivity index (χ0n) is 16.2.